The van der Waals surface area contributed by atoms with Crippen molar-refractivity contribution in [1.29, 1.82) is 0 Å². The normalized spacial score (nSPS) is 23.2. The van der Waals surface area contributed by atoms with Crippen LogP contribution in [-0.4, -0.2) is 46.1 Å². The van der Waals surface area contributed by atoms with Crippen LogP contribution in [0.1, 0.15) is 12.6 Å². The highest BCUT2D eigenvalue weighted by Crippen LogP contribution is 2.22. The molecule has 1 saturated heterocycles. The Morgan fingerprint density at radius 1 is 1.61 bits per heavy atom. The summed E-state index contributed by atoms with van der Waals surface area (Å²) in [6, 6.07) is 0. The van der Waals surface area contributed by atoms with Gasteiger partial charge in [-0.2, -0.15) is 0 Å². The molecular weight excluding hydrogens is 305 g/mol. The number of ether oxygens (including phenoxy) is 1. The quantitative estimate of drug-likeness (QED) is 0.829. The van der Waals surface area contributed by atoms with Gasteiger partial charge in [0.2, 0.25) is 11.8 Å². The third-order valence-electron chi connectivity index (χ3n) is 2.78. The molecular formula is C11H13BrFN3O2. The Balaban J connectivity index is 2.08. The lowest BCUT2D eigenvalue weighted by Crippen LogP contribution is -2.29. The first kappa shape index (κ1) is 13.2. The van der Waals surface area contributed by atoms with Crippen LogP contribution in [0.5, 0.6) is 5.88 Å². The van der Waals surface area contributed by atoms with Gasteiger partial charge in [0.15, 0.2) is 12.3 Å². The van der Waals surface area contributed by atoms with E-state index in [0.717, 1.165) is 0 Å². The number of alkyl halides is 1. The molecule has 0 aliphatic carbocycles. The average molecular weight is 318 g/mol. The van der Waals surface area contributed by atoms with E-state index in [4.69, 9.17) is 4.74 Å². The number of hydrogen-bond donors (Lipinski definition) is 0. The fraction of sp³-hybridized carbons (Fsp3) is 0.545. The van der Waals surface area contributed by atoms with Crippen LogP contribution in [0.4, 0.5) is 4.39 Å². The summed E-state index contributed by atoms with van der Waals surface area (Å²) >= 11 is 3.19. The largest absolute Gasteiger partial charge is 0.468 e. The van der Waals surface area contributed by atoms with Crippen molar-refractivity contribution in [3.63, 3.8) is 0 Å². The number of aromatic nitrogens is 2. The lowest BCUT2D eigenvalue weighted by atomic mass is 10.3. The number of halogens is 2. The van der Waals surface area contributed by atoms with Crippen LogP contribution in [0.25, 0.3) is 0 Å². The fourth-order valence-corrected chi connectivity index (χ4v) is 2.17. The van der Waals surface area contributed by atoms with Gasteiger partial charge in [0.1, 0.15) is 10.3 Å². The zero-order valence-electron chi connectivity index (χ0n) is 10.1. The van der Waals surface area contributed by atoms with E-state index in [1.54, 1.807) is 6.92 Å². The Hall–Kier alpha value is -1.24. The summed E-state index contributed by atoms with van der Waals surface area (Å²) in [5.41, 5.74) is 0.581. The van der Waals surface area contributed by atoms with Crippen LogP contribution in [0, 0.1) is 6.92 Å². The van der Waals surface area contributed by atoms with E-state index >= 15 is 0 Å². The van der Waals surface area contributed by atoms with Crippen molar-refractivity contribution in [2.45, 2.75) is 26.1 Å². The molecule has 18 heavy (non-hydrogen) atoms. The van der Waals surface area contributed by atoms with E-state index in [1.807, 2.05) is 0 Å². The Morgan fingerprint density at radius 3 is 2.89 bits per heavy atom. The predicted molar refractivity (Wildman–Crippen MR) is 66.0 cm³/mol. The summed E-state index contributed by atoms with van der Waals surface area (Å²) in [5, 5.41) is 0. The monoisotopic (exact) mass is 317 g/mol. The van der Waals surface area contributed by atoms with Crippen LogP contribution >= 0.6 is 15.9 Å². The van der Waals surface area contributed by atoms with E-state index in [2.05, 4.69) is 25.9 Å². The zero-order chi connectivity index (χ0) is 13.3. The maximum absolute atomic E-state index is 13.7. The molecule has 0 radical (unpaired) electrons. The molecule has 1 aromatic rings. The third-order valence-corrected chi connectivity index (χ3v) is 3.16. The smallest absolute Gasteiger partial charge is 0.235 e. The van der Waals surface area contributed by atoms with E-state index in [1.165, 1.54) is 18.0 Å². The summed E-state index contributed by atoms with van der Waals surface area (Å²) in [5.74, 6) is 0.151. The van der Waals surface area contributed by atoms with Gasteiger partial charge in [-0.3, -0.25) is 4.79 Å². The molecule has 1 aliphatic rings. The van der Waals surface area contributed by atoms with Gasteiger partial charge in [0.25, 0.3) is 0 Å². The highest BCUT2D eigenvalue weighted by Gasteiger charge is 2.36. The standard InChI is InChI=1S/C11H13BrFN3O2/c1-6-11(14-3-10(12)15-6)18-9-5-16(7(2)17)4-8(9)13/h3,8-9H,4-5H2,1-2H3/t8-,9-/m1/s1. The molecule has 1 fully saturated rings. The average Bonchev–Trinajstić information content (AvgIpc) is 2.64. The van der Waals surface area contributed by atoms with Crippen molar-refractivity contribution in [1.82, 2.24) is 14.9 Å². The SMILES string of the molecule is CC(=O)N1C[C@@H](F)[C@H](Oc2ncc(Br)nc2C)C1. The molecule has 5 nitrogen and oxygen atoms in total. The second kappa shape index (κ2) is 5.17. The Labute approximate surface area is 112 Å². The molecule has 1 aromatic heterocycles. The van der Waals surface area contributed by atoms with E-state index in [9.17, 15) is 9.18 Å². The van der Waals surface area contributed by atoms with Crippen molar-refractivity contribution in [2.75, 3.05) is 13.1 Å². The third kappa shape index (κ3) is 2.77. The van der Waals surface area contributed by atoms with Crippen molar-refractivity contribution in [3.05, 3.63) is 16.5 Å². The number of nitrogens with zero attached hydrogens (tertiary/aromatic N) is 3. The van der Waals surface area contributed by atoms with E-state index < -0.39 is 12.3 Å². The Morgan fingerprint density at radius 2 is 2.33 bits per heavy atom. The van der Waals surface area contributed by atoms with Gasteiger partial charge < -0.3 is 9.64 Å². The summed E-state index contributed by atoms with van der Waals surface area (Å²) in [4.78, 5) is 20.8. The first-order valence-corrected chi connectivity index (χ1v) is 6.32. The van der Waals surface area contributed by atoms with Crippen LogP contribution in [0.15, 0.2) is 10.8 Å². The molecule has 0 spiro atoms. The maximum atomic E-state index is 13.7. The molecule has 2 rings (SSSR count). The first-order chi connectivity index (χ1) is 8.47. The molecule has 0 saturated carbocycles. The number of hydrogen-bond acceptors (Lipinski definition) is 4. The van der Waals surface area contributed by atoms with Gasteiger partial charge in [-0.15, -0.1) is 0 Å². The van der Waals surface area contributed by atoms with Gasteiger partial charge in [-0.25, -0.2) is 14.4 Å². The minimum Gasteiger partial charge on any atom is -0.468 e. The first-order valence-electron chi connectivity index (χ1n) is 5.52. The summed E-state index contributed by atoms with van der Waals surface area (Å²) < 4.78 is 19.8. The minimum atomic E-state index is -1.20. The molecule has 0 aromatic carbocycles. The predicted octanol–water partition coefficient (Wildman–Crippen LogP) is 1.50. The van der Waals surface area contributed by atoms with E-state index in [0.29, 0.717) is 16.2 Å². The number of aryl methyl sites for hydroxylation is 1. The highest BCUT2D eigenvalue weighted by molar-refractivity contribution is 9.10. The summed E-state index contributed by atoms with van der Waals surface area (Å²) in [6.45, 7) is 3.47. The van der Waals surface area contributed by atoms with Gasteiger partial charge in [-0.1, -0.05) is 0 Å². The lowest BCUT2D eigenvalue weighted by molar-refractivity contribution is -0.128. The fourth-order valence-electron chi connectivity index (χ4n) is 1.80. The van der Waals surface area contributed by atoms with Gasteiger partial charge >= 0.3 is 0 Å². The Kier molecular flexibility index (Phi) is 3.79. The number of amides is 1. The molecule has 1 aliphatic heterocycles. The molecule has 7 heteroatoms. The van der Waals surface area contributed by atoms with Crippen LogP contribution < -0.4 is 4.74 Å². The minimum absolute atomic E-state index is 0.0724. The zero-order valence-corrected chi connectivity index (χ0v) is 11.6. The summed E-state index contributed by atoms with van der Waals surface area (Å²) in [6.07, 6.45) is -0.380. The van der Waals surface area contributed by atoms with Crippen molar-refractivity contribution < 1.29 is 13.9 Å². The second-order valence-corrected chi connectivity index (χ2v) is 4.99. The molecule has 1 amide bonds. The van der Waals surface area contributed by atoms with Crippen molar-refractivity contribution in [2.24, 2.45) is 0 Å². The maximum Gasteiger partial charge on any atom is 0.235 e. The number of likely N-dealkylation sites (tertiary alicyclic amines) is 1. The summed E-state index contributed by atoms with van der Waals surface area (Å²) in [7, 11) is 0. The number of carbonyl (C=O) groups is 1. The van der Waals surface area contributed by atoms with E-state index in [-0.39, 0.29) is 19.0 Å². The molecule has 2 heterocycles. The molecule has 0 bridgehead atoms. The second-order valence-electron chi connectivity index (χ2n) is 4.18. The van der Waals surface area contributed by atoms with Gasteiger partial charge in [0.05, 0.1) is 19.3 Å². The Bertz CT molecular complexity index is 472. The van der Waals surface area contributed by atoms with Crippen LogP contribution in [-0.2, 0) is 4.79 Å². The van der Waals surface area contributed by atoms with Crippen molar-refractivity contribution in [3.8, 4) is 5.88 Å². The topological polar surface area (TPSA) is 55.3 Å². The van der Waals surface area contributed by atoms with Crippen molar-refractivity contribution >= 4 is 21.8 Å². The lowest BCUT2D eigenvalue weighted by Gasteiger charge is -2.15. The van der Waals surface area contributed by atoms with Gasteiger partial charge in [-0.05, 0) is 22.9 Å². The molecule has 2 atom stereocenters. The number of carbonyl (C=O) groups excluding carboxylic acids is 1. The highest BCUT2D eigenvalue weighted by atomic mass is 79.9. The van der Waals surface area contributed by atoms with Crippen LogP contribution in [0.2, 0.25) is 0 Å². The molecule has 0 unspecified atom stereocenters. The number of rotatable bonds is 2. The van der Waals surface area contributed by atoms with Gasteiger partial charge in [0, 0.05) is 6.92 Å². The molecule has 98 valence electrons. The van der Waals surface area contributed by atoms with Crippen LogP contribution in [0.3, 0.4) is 0 Å². The molecule has 0 N–H and O–H groups in total.